The maximum atomic E-state index is 12.2. The second kappa shape index (κ2) is 5.89. The Morgan fingerprint density at radius 3 is 2.72 bits per heavy atom. The van der Waals surface area contributed by atoms with Crippen LogP contribution in [0.2, 0.25) is 0 Å². The smallest absolute Gasteiger partial charge is 0.340 e. The molecule has 0 bridgehead atoms. The van der Waals surface area contributed by atoms with Gasteiger partial charge in [0.05, 0.1) is 5.56 Å². The highest BCUT2D eigenvalue weighted by Crippen LogP contribution is 2.27. The summed E-state index contributed by atoms with van der Waals surface area (Å²) in [5, 5.41) is 3.02. The van der Waals surface area contributed by atoms with Gasteiger partial charge in [-0.1, -0.05) is 25.5 Å². The van der Waals surface area contributed by atoms with E-state index < -0.39 is 0 Å². The molecule has 3 heteroatoms. The molecule has 0 heterocycles. The van der Waals surface area contributed by atoms with Crippen molar-refractivity contribution in [2.24, 2.45) is 5.92 Å². The van der Waals surface area contributed by atoms with E-state index in [0.717, 1.165) is 24.9 Å². The maximum absolute atomic E-state index is 12.2. The number of carbonyl (C=O) groups is 1. The lowest BCUT2D eigenvalue weighted by atomic mass is 9.88. The third kappa shape index (κ3) is 2.84. The molecule has 1 aliphatic carbocycles. The average Bonchev–Trinajstić information content (AvgIpc) is 2.41. The van der Waals surface area contributed by atoms with Gasteiger partial charge in [-0.15, -0.1) is 0 Å². The van der Waals surface area contributed by atoms with Crippen LogP contribution in [0, 0.1) is 5.92 Å². The van der Waals surface area contributed by atoms with Gasteiger partial charge < -0.3 is 10.1 Å². The summed E-state index contributed by atoms with van der Waals surface area (Å²) in [6.07, 6.45) is 4.65. The Balaban J connectivity index is 2.07. The van der Waals surface area contributed by atoms with Crippen molar-refractivity contribution in [1.29, 1.82) is 0 Å². The third-order valence-corrected chi connectivity index (χ3v) is 3.71. The number of esters is 1. The number of nitrogens with one attached hydrogen (secondary N) is 1. The molecule has 98 valence electrons. The molecular weight excluding hydrogens is 226 g/mol. The standard InChI is InChI=1S/C15H21NO2/c1-11-7-3-6-10-14(11)18-15(17)12-8-4-5-9-13(12)16-2/h4-5,8-9,11,14,16H,3,6-7,10H2,1-2H3. The van der Waals surface area contributed by atoms with Crippen molar-refractivity contribution >= 4 is 11.7 Å². The van der Waals surface area contributed by atoms with Gasteiger partial charge in [0.1, 0.15) is 6.10 Å². The van der Waals surface area contributed by atoms with Crippen LogP contribution in [0.4, 0.5) is 5.69 Å². The van der Waals surface area contributed by atoms with Gasteiger partial charge in [0.2, 0.25) is 0 Å². The quantitative estimate of drug-likeness (QED) is 0.831. The minimum absolute atomic E-state index is 0.0798. The molecule has 0 aliphatic heterocycles. The lowest BCUT2D eigenvalue weighted by molar-refractivity contribution is 0.00492. The zero-order valence-corrected chi connectivity index (χ0v) is 11.1. The van der Waals surface area contributed by atoms with E-state index in [2.05, 4.69) is 12.2 Å². The topological polar surface area (TPSA) is 38.3 Å². The minimum Gasteiger partial charge on any atom is -0.458 e. The van der Waals surface area contributed by atoms with E-state index in [-0.39, 0.29) is 12.1 Å². The van der Waals surface area contributed by atoms with E-state index in [1.54, 1.807) is 0 Å². The third-order valence-electron chi connectivity index (χ3n) is 3.71. The van der Waals surface area contributed by atoms with Gasteiger partial charge in [-0.25, -0.2) is 4.79 Å². The predicted octanol–water partition coefficient (Wildman–Crippen LogP) is 3.46. The zero-order valence-electron chi connectivity index (χ0n) is 11.1. The molecule has 1 aromatic carbocycles. The Kier molecular flexibility index (Phi) is 4.24. The summed E-state index contributed by atoms with van der Waals surface area (Å²) >= 11 is 0. The number of para-hydroxylation sites is 1. The van der Waals surface area contributed by atoms with E-state index in [0.29, 0.717) is 11.5 Å². The van der Waals surface area contributed by atoms with E-state index in [9.17, 15) is 4.79 Å². The van der Waals surface area contributed by atoms with Crippen LogP contribution in [0.25, 0.3) is 0 Å². The van der Waals surface area contributed by atoms with Gasteiger partial charge in [-0.05, 0) is 37.3 Å². The summed E-state index contributed by atoms with van der Waals surface area (Å²) in [7, 11) is 1.81. The van der Waals surface area contributed by atoms with Crippen molar-refractivity contribution in [3.05, 3.63) is 29.8 Å². The van der Waals surface area contributed by atoms with Gasteiger partial charge in [0.25, 0.3) is 0 Å². The Morgan fingerprint density at radius 1 is 1.28 bits per heavy atom. The van der Waals surface area contributed by atoms with Gasteiger partial charge in [-0.2, -0.15) is 0 Å². The van der Waals surface area contributed by atoms with Crippen molar-refractivity contribution in [3.63, 3.8) is 0 Å². The molecular formula is C15H21NO2. The van der Waals surface area contributed by atoms with Crippen LogP contribution >= 0.6 is 0 Å². The molecule has 0 radical (unpaired) electrons. The second-order valence-electron chi connectivity index (χ2n) is 5.00. The van der Waals surface area contributed by atoms with Gasteiger partial charge in [0, 0.05) is 12.7 Å². The average molecular weight is 247 g/mol. The molecule has 1 aromatic rings. The molecule has 0 saturated heterocycles. The van der Waals surface area contributed by atoms with Crippen LogP contribution in [-0.4, -0.2) is 19.1 Å². The van der Waals surface area contributed by atoms with Gasteiger partial charge in [0.15, 0.2) is 0 Å². The van der Waals surface area contributed by atoms with E-state index in [4.69, 9.17) is 4.74 Å². The zero-order chi connectivity index (χ0) is 13.0. The van der Waals surface area contributed by atoms with Crippen LogP contribution in [0.15, 0.2) is 24.3 Å². The highest BCUT2D eigenvalue weighted by molar-refractivity contribution is 5.95. The molecule has 1 aliphatic rings. The SMILES string of the molecule is CNc1ccccc1C(=O)OC1CCCCC1C. The summed E-state index contributed by atoms with van der Waals surface area (Å²) < 4.78 is 5.65. The minimum atomic E-state index is -0.210. The summed E-state index contributed by atoms with van der Waals surface area (Å²) in [5.74, 6) is 0.267. The largest absolute Gasteiger partial charge is 0.458 e. The molecule has 3 nitrogen and oxygen atoms in total. The first kappa shape index (κ1) is 12.9. The first-order valence-corrected chi connectivity index (χ1v) is 6.70. The monoisotopic (exact) mass is 247 g/mol. The summed E-state index contributed by atoms with van der Waals surface area (Å²) in [6.45, 7) is 2.17. The Hall–Kier alpha value is -1.51. The normalized spacial score (nSPS) is 23.4. The lowest BCUT2D eigenvalue weighted by Gasteiger charge is -2.28. The fourth-order valence-corrected chi connectivity index (χ4v) is 2.54. The molecule has 0 amide bonds. The maximum Gasteiger partial charge on any atom is 0.340 e. The lowest BCUT2D eigenvalue weighted by Crippen LogP contribution is -2.28. The van der Waals surface area contributed by atoms with Crippen LogP contribution in [-0.2, 0) is 4.74 Å². The fourth-order valence-electron chi connectivity index (χ4n) is 2.54. The Morgan fingerprint density at radius 2 is 2.00 bits per heavy atom. The van der Waals surface area contributed by atoms with Crippen LogP contribution < -0.4 is 5.32 Å². The molecule has 1 fully saturated rings. The van der Waals surface area contributed by atoms with Crippen molar-refractivity contribution in [2.45, 2.75) is 38.7 Å². The number of carbonyl (C=O) groups excluding carboxylic acids is 1. The van der Waals surface area contributed by atoms with Crippen molar-refractivity contribution in [3.8, 4) is 0 Å². The number of rotatable bonds is 3. The molecule has 2 atom stereocenters. The van der Waals surface area contributed by atoms with Gasteiger partial charge >= 0.3 is 5.97 Å². The number of ether oxygens (including phenoxy) is 1. The summed E-state index contributed by atoms with van der Waals surface area (Å²) in [6, 6.07) is 7.47. The van der Waals surface area contributed by atoms with Crippen molar-refractivity contribution in [2.75, 3.05) is 12.4 Å². The summed E-state index contributed by atoms with van der Waals surface area (Å²) in [5.41, 5.74) is 1.45. The van der Waals surface area contributed by atoms with Crippen LogP contribution in [0.3, 0.4) is 0 Å². The van der Waals surface area contributed by atoms with Crippen molar-refractivity contribution < 1.29 is 9.53 Å². The first-order chi connectivity index (χ1) is 8.72. The molecule has 2 rings (SSSR count). The first-order valence-electron chi connectivity index (χ1n) is 6.70. The van der Waals surface area contributed by atoms with E-state index in [1.807, 2.05) is 31.3 Å². The predicted molar refractivity (Wildman–Crippen MR) is 72.8 cm³/mol. The molecule has 0 spiro atoms. The van der Waals surface area contributed by atoms with Crippen LogP contribution in [0.5, 0.6) is 0 Å². The molecule has 18 heavy (non-hydrogen) atoms. The number of anilines is 1. The number of benzene rings is 1. The number of hydrogen-bond donors (Lipinski definition) is 1. The second-order valence-corrected chi connectivity index (χ2v) is 5.00. The number of hydrogen-bond acceptors (Lipinski definition) is 3. The Bertz CT molecular complexity index is 417. The highest BCUT2D eigenvalue weighted by atomic mass is 16.5. The van der Waals surface area contributed by atoms with E-state index >= 15 is 0 Å². The van der Waals surface area contributed by atoms with Crippen molar-refractivity contribution in [1.82, 2.24) is 0 Å². The molecule has 1 saturated carbocycles. The molecule has 2 unspecified atom stereocenters. The molecule has 1 N–H and O–H groups in total. The summed E-state index contributed by atoms with van der Waals surface area (Å²) in [4.78, 5) is 12.2. The van der Waals surface area contributed by atoms with Gasteiger partial charge in [-0.3, -0.25) is 0 Å². The molecule has 0 aromatic heterocycles. The van der Waals surface area contributed by atoms with E-state index in [1.165, 1.54) is 6.42 Å². The fraction of sp³-hybridized carbons (Fsp3) is 0.533. The highest BCUT2D eigenvalue weighted by Gasteiger charge is 2.25. The Labute approximate surface area is 109 Å². The van der Waals surface area contributed by atoms with Crippen LogP contribution in [0.1, 0.15) is 43.0 Å².